The van der Waals surface area contributed by atoms with Gasteiger partial charge in [0.05, 0.1) is 67.5 Å². The van der Waals surface area contributed by atoms with Crippen LogP contribution >= 0.6 is 0 Å². The molecule has 11 rings (SSSR count). The molecule has 82 heavy (non-hydrogen) atoms. The van der Waals surface area contributed by atoms with Crippen molar-refractivity contribution in [2.45, 2.75) is 0 Å². The number of carbonyl (C=O) groups excluding carboxylic acids is 2. The Morgan fingerprint density at radius 2 is 0.537 bits per heavy atom. The van der Waals surface area contributed by atoms with Gasteiger partial charge in [-0.15, -0.1) is 0 Å². The van der Waals surface area contributed by atoms with Crippen LogP contribution in [0.1, 0.15) is 43.5 Å². The third-order valence-electron chi connectivity index (χ3n) is 12.9. The number of H-pyrrole nitrogens is 2. The lowest BCUT2D eigenvalue weighted by atomic mass is 9.98. The molecule has 12 bridgehead atoms. The quantitative estimate of drug-likeness (QED) is 0.0798. The molecule has 4 aromatic carbocycles. The summed E-state index contributed by atoms with van der Waals surface area (Å²) >= 11 is 0. The lowest BCUT2D eigenvalue weighted by molar-refractivity contribution is 0.102. The Balaban J connectivity index is 1.35. The van der Waals surface area contributed by atoms with E-state index in [0.717, 1.165) is 60.7 Å². The standard InChI is InChI=1S/C54H16F20N6O2/c55-33-29(34(56)42(64)49(71)41(33)63)25-17-11-23(79-53(17)81)28(32-39(61)47(69)52(74)48(70)40(32)62)22-8-4-16(78-22)10-14-2-6-20(76-14)26(30-35(57)43(65)50(72)44(66)36(30)58)18-12-24(80-54(18)82)27(31-37(59)45(67)51(73)46(68)38(31)60)21-7-3-15(77-21)9-13-1-5-19(25)75-13/h1-12,75-76H,(H,79,81)(H,80,82). The van der Waals surface area contributed by atoms with Gasteiger partial charge in [0.2, 0.25) is 23.3 Å². The van der Waals surface area contributed by atoms with Crippen LogP contribution in [0.5, 0.6) is 0 Å². The molecule has 3 aromatic heterocycles. The number of aromatic nitrogens is 4. The molecule has 7 heterocycles. The van der Waals surface area contributed by atoms with Gasteiger partial charge < -0.3 is 20.6 Å². The number of amides is 2. The van der Waals surface area contributed by atoms with Gasteiger partial charge in [-0.25, -0.2) is 97.8 Å². The molecule has 0 saturated carbocycles. The number of nitrogens with one attached hydrogen (secondary N) is 4. The number of carbonyl (C=O) groups is 2. The number of aromatic amines is 2. The zero-order valence-electron chi connectivity index (χ0n) is 39.2. The number of hydrogen-bond donors (Lipinski definition) is 4. The first-order chi connectivity index (χ1) is 38.8. The highest BCUT2D eigenvalue weighted by atomic mass is 19.2. The summed E-state index contributed by atoms with van der Waals surface area (Å²) in [6.07, 6.45) is 3.46. The van der Waals surface area contributed by atoms with Crippen molar-refractivity contribution >= 4 is 69.6 Å². The molecule has 0 radical (unpaired) electrons. The molecule has 4 aliphatic heterocycles. The molecule has 0 saturated heterocycles. The maximum Gasteiger partial charge on any atom is 0.256 e. The number of hydrogen-bond acceptors (Lipinski definition) is 4. The molecule has 0 spiro atoms. The lowest BCUT2D eigenvalue weighted by Gasteiger charge is -2.11. The average Bonchev–Trinajstić information content (AvgIpc) is 3.00. The van der Waals surface area contributed by atoms with Crippen LogP contribution in [-0.2, 0) is 0 Å². The van der Waals surface area contributed by atoms with Crippen LogP contribution in [0.3, 0.4) is 0 Å². The van der Waals surface area contributed by atoms with E-state index in [4.69, 9.17) is 0 Å². The Bertz CT molecular complexity index is 4190. The molecule has 4 N–H and O–H groups in total. The van der Waals surface area contributed by atoms with Crippen LogP contribution in [-0.4, -0.2) is 31.8 Å². The Hall–Kier alpha value is -10.0. The van der Waals surface area contributed by atoms with Gasteiger partial charge >= 0.3 is 0 Å². The van der Waals surface area contributed by atoms with E-state index in [-0.39, 0.29) is 11.0 Å². The van der Waals surface area contributed by atoms with Crippen molar-refractivity contribution < 1.29 is 97.4 Å². The predicted molar refractivity (Wildman–Crippen MR) is 251 cm³/mol. The second-order valence-electron chi connectivity index (χ2n) is 17.6. The minimum absolute atomic E-state index is 0.369. The highest BCUT2D eigenvalue weighted by Crippen LogP contribution is 2.46. The minimum Gasteiger partial charge on any atom is -0.355 e. The van der Waals surface area contributed by atoms with E-state index in [9.17, 15) is 27.2 Å². The minimum atomic E-state index is -2.70. The van der Waals surface area contributed by atoms with Gasteiger partial charge in [0.1, 0.15) is 0 Å². The maximum atomic E-state index is 16.0. The summed E-state index contributed by atoms with van der Waals surface area (Å²) in [7, 11) is 0. The van der Waals surface area contributed by atoms with E-state index in [1.165, 1.54) is 0 Å². The van der Waals surface area contributed by atoms with E-state index in [1.807, 2.05) is 10.6 Å². The maximum absolute atomic E-state index is 16.0. The second-order valence-corrected chi connectivity index (χ2v) is 17.6. The SMILES string of the molecule is O=C1Nc2cc1c(-c1c(F)c(F)c(F)c(F)c1F)c1ccc(cc3nc(c(-c4c(F)c(F)c(F)c(F)c4F)c4cc(c(-c5c(F)c(F)c(F)c(F)c5F)c5ccc(cc6nc(c2-c2c(F)c(F)c(F)c(F)c2F)C=C6)[nH]5)C(=O)N4)C=C3)[nH]1. The van der Waals surface area contributed by atoms with Gasteiger partial charge in [0.25, 0.3) is 11.8 Å². The summed E-state index contributed by atoms with van der Waals surface area (Å²) in [5.74, 6) is -55.4. The lowest BCUT2D eigenvalue weighted by Crippen LogP contribution is -2.10. The molecule has 2 amide bonds. The zero-order chi connectivity index (χ0) is 59.0. The summed E-state index contributed by atoms with van der Waals surface area (Å²) in [6.45, 7) is 0. The first kappa shape index (κ1) is 54.0. The van der Waals surface area contributed by atoms with E-state index in [1.54, 1.807) is 0 Å². The van der Waals surface area contributed by atoms with Crippen molar-refractivity contribution in [3.05, 3.63) is 199 Å². The number of fused-ring (bicyclic) bond motifs is 12. The summed E-state index contributed by atoms with van der Waals surface area (Å²) in [5, 5.41) is 3.99. The number of nitrogens with zero attached hydrogens (tertiary/aromatic N) is 2. The molecule has 414 valence electrons. The first-order valence-corrected chi connectivity index (χ1v) is 22.5. The predicted octanol–water partition coefficient (Wildman–Crippen LogP) is 15.5. The third-order valence-corrected chi connectivity index (χ3v) is 12.9. The number of benzene rings is 4. The van der Waals surface area contributed by atoms with Crippen molar-refractivity contribution in [2.24, 2.45) is 0 Å². The summed E-state index contributed by atoms with van der Waals surface area (Å²) in [5.41, 5.74) is -21.6. The van der Waals surface area contributed by atoms with E-state index in [0.29, 0.717) is 12.1 Å². The topological polar surface area (TPSA) is 116 Å². The summed E-state index contributed by atoms with van der Waals surface area (Å²) in [4.78, 5) is 41.3. The van der Waals surface area contributed by atoms with Gasteiger partial charge in [-0.3, -0.25) is 9.59 Å². The second kappa shape index (κ2) is 19.4. The van der Waals surface area contributed by atoms with E-state index < -0.39 is 229 Å². The smallest absolute Gasteiger partial charge is 0.256 e. The Labute approximate surface area is 440 Å². The fourth-order valence-electron chi connectivity index (χ4n) is 9.24. The fraction of sp³-hybridized carbons (Fsp3) is 0. The van der Waals surface area contributed by atoms with E-state index >= 15 is 70.2 Å². The highest BCUT2D eigenvalue weighted by Gasteiger charge is 2.37. The largest absolute Gasteiger partial charge is 0.355 e. The fourth-order valence-corrected chi connectivity index (χ4v) is 9.24. The normalized spacial score (nSPS) is 12.8. The van der Waals surface area contributed by atoms with E-state index in [2.05, 4.69) is 19.9 Å². The molecule has 0 fully saturated rings. The van der Waals surface area contributed by atoms with Gasteiger partial charge in [0.15, 0.2) is 93.1 Å². The average molecular weight is 1160 g/mol. The van der Waals surface area contributed by atoms with Gasteiger partial charge in [-0.1, -0.05) is 0 Å². The molecule has 28 heteroatoms. The molecule has 0 atom stereocenters. The van der Waals surface area contributed by atoms with Crippen molar-refractivity contribution in [3.63, 3.8) is 0 Å². The van der Waals surface area contributed by atoms with Crippen LogP contribution < -0.4 is 10.6 Å². The highest BCUT2D eigenvalue weighted by molar-refractivity contribution is 6.18. The third kappa shape index (κ3) is 8.16. The molecule has 0 unspecified atom stereocenters. The molecule has 0 aliphatic carbocycles. The molecular formula is C54H16F20N6O2. The van der Waals surface area contributed by atoms with Crippen LogP contribution in [0.4, 0.5) is 99.2 Å². The summed E-state index contributed by atoms with van der Waals surface area (Å²) < 4.78 is 306. The molecule has 7 aromatic rings. The van der Waals surface area contributed by atoms with Crippen LogP contribution in [0.25, 0.3) is 90.9 Å². The monoisotopic (exact) mass is 1160 g/mol. The van der Waals surface area contributed by atoms with Crippen LogP contribution in [0, 0.1) is 116 Å². The summed E-state index contributed by atoms with van der Waals surface area (Å²) in [6, 6.07) is 6.22. The Morgan fingerprint density at radius 3 is 0.817 bits per heavy atom. The van der Waals surface area contributed by atoms with Crippen molar-refractivity contribution in [3.8, 4) is 44.5 Å². The first-order valence-electron chi connectivity index (χ1n) is 22.5. The van der Waals surface area contributed by atoms with Crippen molar-refractivity contribution in [1.29, 1.82) is 0 Å². The number of rotatable bonds is 4. The number of halogens is 20. The Kier molecular flexibility index (Phi) is 12.7. The van der Waals surface area contributed by atoms with Crippen LogP contribution in [0.15, 0.2) is 48.5 Å². The van der Waals surface area contributed by atoms with Gasteiger partial charge in [0, 0.05) is 44.3 Å². The molecular weight excluding hydrogens is 1140 g/mol. The molecule has 8 nitrogen and oxygen atoms in total. The Morgan fingerprint density at radius 1 is 0.280 bits per heavy atom. The van der Waals surface area contributed by atoms with Crippen molar-refractivity contribution in [1.82, 2.24) is 19.9 Å². The van der Waals surface area contributed by atoms with Crippen LogP contribution in [0.2, 0.25) is 0 Å². The zero-order valence-corrected chi connectivity index (χ0v) is 39.2. The van der Waals surface area contributed by atoms with Gasteiger partial charge in [-0.2, -0.15) is 0 Å². The number of anilines is 2. The molecule has 4 aliphatic rings. The van der Waals surface area contributed by atoms with Gasteiger partial charge in [-0.05, 0) is 72.8 Å². The van der Waals surface area contributed by atoms with Crippen molar-refractivity contribution in [2.75, 3.05) is 10.6 Å².